The van der Waals surface area contributed by atoms with Crippen LogP contribution in [0.1, 0.15) is 77.0 Å². The summed E-state index contributed by atoms with van der Waals surface area (Å²) in [6, 6.07) is -0.988. The van der Waals surface area contributed by atoms with E-state index in [-0.39, 0.29) is 6.54 Å². The molecule has 0 aromatic rings. The Morgan fingerprint density at radius 3 is 1.25 bits per heavy atom. The number of isocyanates is 3. The van der Waals surface area contributed by atoms with E-state index >= 15 is 0 Å². The van der Waals surface area contributed by atoms with Crippen LogP contribution < -0.4 is 0 Å². The Morgan fingerprint density at radius 2 is 0.889 bits per heavy atom. The first-order valence-corrected chi connectivity index (χ1v) is 12.8. The average Bonchev–Trinajstić information content (AvgIpc) is 2.87. The molecule has 1 N–H and O–H groups in total. The molecule has 0 spiro atoms. The third-order valence-corrected chi connectivity index (χ3v) is 5.94. The van der Waals surface area contributed by atoms with Crippen LogP contribution in [0.3, 0.4) is 0 Å². The molecule has 12 heteroatoms. The largest absolute Gasteiger partial charge is 0.356 e. The number of unbranched alkanes of at least 4 members (excludes halogenated alkanes) is 9. The van der Waals surface area contributed by atoms with Gasteiger partial charge in [0.25, 0.3) is 0 Å². The fraction of sp³-hybridized carbons (Fsp3) is 0.792. The van der Waals surface area contributed by atoms with Gasteiger partial charge in [-0.2, -0.15) is 0 Å². The summed E-state index contributed by atoms with van der Waals surface area (Å²) in [4.78, 5) is 70.9. The van der Waals surface area contributed by atoms with Crippen molar-refractivity contribution in [1.82, 2.24) is 14.7 Å². The molecule has 0 radical (unpaired) electrons. The van der Waals surface area contributed by atoms with Crippen LogP contribution in [0.2, 0.25) is 0 Å². The van der Waals surface area contributed by atoms with Gasteiger partial charge in [0.05, 0.1) is 19.6 Å². The number of aliphatic imine (C=N–C) groups is 3. The Hall–Kier alpha value is -3.16. The Kier molecular flexibility index (Phi) is 17.2. The topological polar surface area (TPSA) is 152 Å². The Balaban J connectivity index is 2.66. The molecule has 0 saturated carbocycles. The third-order valence-electron chi connectivity index (χ3n) is 5.94. The second kappa shape index (κ2) is 20.1. The monoisotopic (exact) mass is 506 g/mol. The van der Waals surface area contributed by atoms with E-state index in [4.69, 9.17) is 0 Å². The average molecular weight is 507 g/mol. The number of hydrogen-bond acceptors (Lipinski definition) is 9. The van der Waals surface area contributed by atoms with Crippen molar-refractivity contribution in [1.29, 1.82) is 0 Å². The molecular formula is C24H38N6O6. The van der Waals surface area contributed by atoms with Crippen molar-refractivity contribution in [2.75, 3.05) is 39.3 Å². The fourth-order valence-corrected chi connectivity index (χ4v) is 3.98. The first kappa shape index (κ1) is 30.9. The first-order chi connectivity index (χ1) is 17.6. The summed E-state index contributed by atoms with van der Waals surface area (Å²) in [5.74, 6) is 0. The molecule has 0 atom stereocenters. The minimum absolute atomic E-state index is 0.252. The fourth-order valence-electron chi connectivity index (χ4n) is 3.98. The molecule has 0 bridgehead atoms. The van der Waals surface area contributed by atoms with E-state index in [1.807, 2.05) is 0 Å². The highest BCUT2D eigenvalue weighted by molar-refractivity contribution is 5.95. The van der Waals surface area contributed by atoms with Gasteiger partial charge in [-0.3, -0.25) is 9.80 Å². The van der Waals surface area contributed by atoms with Gasteiger partial charge in [0.1, 0.15) is 0 Å². The van der Waals surface area contributed by atoms with E-state index in [1.54, 1.807) is 0 Å². The minimum Gasteiger partial charge on any atom is -0.356 e. The molecule has 12 nitrogen and oxygen atoms in total. The zero-order chi connectivity index (χ0) is 26.4. The lowest BCUT2D eigenvalue weighted by Gasteiger charge is -2.44. The second-order valence-corrected chi connectivity index (χ2v) is 8.61. The Bertz CT molecular complexity index is 755. The maximum absolute atomic E-state index is 13.1. The van der Waals surface area contributed by atoms with Gasteiger partial charge in [0, 0.05) is 19.6 Å². The molecular weight excluding hydrogens is 468 g/mol. The number of urea groups is 2. The zero-order valence-electron chi connectivity index (χ0n) is 21.0. The first-order valence-electron chi connectivity index (χ1n) is 12.8. The summed E-state index contributed by atoms with van der Waals surface area (Å²) in [6.07, 6.45) is 12.2. The van der Waals surface area contributed by atoms with Gasteiger partial charge in [-0.25, -0.2) is 43.8 Å². The molecule has 1 heterocycles. The van der Waals surface area contributed by atoms with Gasteiger partial charge in [0.2, 0.25) is 24.6 Å². The molecule has 1 fully saturated rings. The number of nitrogens with zero attached hydrogens (tertiary/aromatic N) is 6. The summed E-state index contributed by atoms with van der Waals surface area (Å²) < 4.78 is 0. The van der Waals surface area contributed by atoms with Gasteiger partial charge < -0.3 is 5.11 Å². The molecule has 1 rings (SSSR count). The highest BCUT2D eigenvalue weighted by Crippen LogP contribution is 2.21. The number of aliphatic hydroxyl groups is 1. The summed E-state index contributed by atoms with van der Waals surface area (Å²) in [6.45, 7) is 2.14. The van der Waals surface area contributed by atoms with Crippen molar-refractivity contribution in [3.63, 3.8) is 0 Å². The third kappa shape index (κ3) is 12.0. The SMILES string of the molecule is O=C=NCCCCCCN1C(=O)N(CCCCCCN=C=O)C(O)N(CCCCCCN=C=O)C1=O. The summed E-state index contributed by atoms with van der Waals surface area (Å²) >= 11 is 0. The highest BCUT2D eigenvalue weighted by atomic mass is 16.3. The predicted octanol–water partition coefficient (Wildman–Crippen LogP) is 3.11. The zero-order valence-corrected chi connectivity index (χ0v) is 21.0. The highest BCUT2D eigenvalue weighted by Gasteiger charge is 2.42. The molecule has 0 aromatic carbocycles. The van der Waals surface area contributed by atoms with Crippen molar-refractivity contribution < 1.29 is 29.1 Å². The molecule has 4 amide bonds. The van der Waals surface area contributed by atoms with Crippen molar-refractivity contribution in [3.8, 4) is 0 Å². The van der Waals surface area contributed by atoms with Crippen LogP contribution >= 0.6 is 0 Å². The van der Waals surface area contributed by atoms with Gasteiger partial charge >= 0.3 is 12.1 Å². The molecule has 0 unspecified atom stereocenters. The van der Waals surface area contributed by atoms with Crippen LogP contribution in [-0.2, 0) is 14.4 Å². The van der Waals surface area contributed by atoms with Crippen LogP contribution in [-0.4, -0.2) is 95.7 Å². The van der Waals surface area contributed by atoms with Crippen LogP contribution in [0.4, 0.5) is 9.59 Å². The van der Waals surface area contributed by atoms with Gasteiger partial charge in [-0.05, 0) is 38.5 Å². The number of imide groups is 1. The molecule has 1 aliphatic rings. The van der Waals surface area contributed by atoms with Crippen molar-refractivity contribution in [3.05, 3.63) is 0 Å². The molecule has 200 valence electrons. The number of amides is 4. The molecule has 1 saturated heterocycles. The normalized spacial score (nSPS) is 15.4. The van der Waals surface area contributed by atoms with Crippen molar-refractivity contribution in [2.45, 2.75) is 83.4 Å². The standard InChI is InChI=1S/C24H38N6O6/c31-19-25-13-7-1-4-10-16-28-22(34)29(17-11-5-2-8-14-26-20-32)24(36)30(23(28)35)18-12-6-3-9-15-27-21-33/h22,34H,1-18H2. The number of hydrogen-bond donors (Lipinski definition) is 1. The maximum Gasteiger partial charge on any atom is 0.331 e. The number of carbonyl (C=O) groups excluding carboxylic acids is 5. The van der Waals surface area contributed by atoms with Crippen LogP contribution in [0.25, 0.3) is 0 Å². The number of rotatable bonds is 21. The number of carbonyl (C=O) groups is 2. The van der Waals surface area contributed by atoms with E-state index < -0.39 is 18.4 Å². The minimum atomic E-state index is -1.32. The molecule has 0 aromatic heterocycles. The Labute approximate surface area is 212 Å². The van der Waals surface area contributed by atoms with Crippen LogP contribution in [0.15, 0.2) is 15.0 Å². The van der Waals surface area contributed by atoms with E-state index in [0.29, 0.717) is 52.0 Å². The van der Waals surface area contributed by atoms with E-state index in [9.17, 15) is 29.1 Å². The lowest BCUT2D eigenvalue weighted by atomic mass is 10.1. The van der Waals surface area contributed by atoms with E-state index in [1.165, 1.54) is 32.9 Å². The lowest BCUT2D eigenvalue weighted by molar-refractivity contribution is -0.0937. The van der Waals surface area contributed by atoms with Gasteiger partial charge in [-0.1, -0.05) is 38.5 Å². The quantitative estimate of drug-likeness (QED) is 0.143. The van der Waals surface area contributed by atoms with Crippen molar-refractivity contribution >= 4 is 30.3 Å². The smallest absolute Gasteiger partial charge is 0.331 e. The summed E-state index contributed by atoms with van der Waals surface area (Å²) in [7, 11) is 0. The molecule has 1 aliphatic heterocycles. The number of aliphatic hydroxyl groups excluding tert-OH is 1. The Morgan fingerprint density at radius 1 is 0.556 bits per heavy atom. The van der Waals surface area contributed by atoms with E-state index in [0.717, 1.165) is 57.8 Å². The predicted molar refractivity (Wildman–Crippen MR) is 131 cm³/mol. The van der Waals surface area contributed by atoms with E-state index in [2.05, 4.69) is 15.0 Å². The second-order valence-electron chi connectivity index (χ2n) is 8.61. The van der Waals surface area contributed by atoms with Crippen LogP contribution in [0.5, 0.6) is 0 Å². The summed E-state index contributed by atoms with van der Waals surface area (Å²) in [5.41, 5.74) is 0. The molecule has 36 heavy (non-hydrogen) atoms. The molecule has 0 aliphatic carbocycles. The maximum atomic E-state index is 13.1. The van der Waals surface area contributed by atoms with Gasteiger partial charge in [-0.15, -0.1) is 0 Å². The lowest BCUT2D eigenvalue weighted by Crippen LogP contribution is -2.66. The van der Waals surface area contributed by atoms with Crippen LogP contribution in [0, 0.1) is 0 Å². The summed E-state index contributed by atoms with van der Waals surface area (Å²) in [5, 5.41) is 10.9. The van der Waals surface area contributed by atoms with Gasteiger partial charge in [0.15, 0.2) is 0 Å². The van der Waals surface area contributed by atoms with Crippen molar-refractivity contribution in [2.24, 2.45) is 15.0 Å².